The lowest BCUT2D eigenvalue weighted by Gasteiger charge is -2.39. The zero-order valence-corrected chi connectivity index (χ0v) is 13.0. The molecule has 2 heterocycles. The van der Waals surface area contributed by atoms with Crippen LogP contribution in [-0.2, 0) is 4.79 Å². The van der Waals surface area contributed by atoms with E-state index in [1.807, 2.05) is 17.8 Å². The van der Waals surface area contributed by atoms with Crippen LogP contribution in [0.4, 0.5) is 11.4 Å². The monoisotopic (exact) mass is 312 g/mol. The molecule has 1 atom stereocenters. The van der Waals surface area contributed by atoms with Gasteiger partial charge in [0.05, 0.1) is 10.7 Å². The number of rotatable bonds is 1. The fraction of sp³-hybridized carbons (Fsp3) is 0.500. The van der Waals surface area contributed by atoms with Crippen molar-refractivity contribution in [1.82, 2.24) is 0 Å². The molecule has 1 unspecified atom stereocenters. The van der Waals surface area contributed by atoms with Crippen LogP contribution in [0.3, 0.4) is 0 Å². The number of hydrogen-bond donors (Lipinski definition) is 2. The van der Waals surface area contributed by atoms with Crippen molar-refractivity contribution in [3.8, 4) is 0 Å². The molecule has 1 aromatic rings. The summed E-state index contributed by atoms with van der Waals surface area (Å²) in [6, 6.07) is 3.57. The zero-order valence-electron chi connectivity index (χ0n) is 11.4. The molecule has 0 bridgehead atoms. The molecule has 20 heavy (non-hydrogen) atoms. The molecule has 108 valence electrons. The zero-order chi connectivity index (χ0) is 14.5. The van der Waals surface area contributed by atoms with E-state index in [1.165, 1.54) is 0 Å². The number of carbonyl (C=O) groups is 1. The molecular formula is C14H17ClN2O2S. The molecule has 2 N–H and O–H groups in total. The van der Waals surface area contributed by atoms with Crippen LogP contribution in [0.1, 0.15) is 25.5 Å². The van der Waals surface area contributed by atoms with E-state index >= 15 is 0 Å². The smallest absolute Gasteiger partial charge is 0.257 e. The van der Waals surface area contributed by atoms with Crippen LogP contribution >= 0.6 is 23.4 Å². The number of carbonyl (C=O) groups excluding carboxylic acids is 1. The summed E-state index contributed by atoms with van der Waals surface area (Å²) in [6.07, 6.45) is -1.11. The summed E-state index contributed by atoms with van der Waals surface area (Å²) in [4.78, 5) is 13.8. The van der Waals surface area contributed by atoms with Crippen molar-refractivity contribution in [2.24, 2.45) is 0 Å². The number of anilines is 2. The molecule has 1 aromatic carbocycles. The SMILES string of the molecule is CC1(C)CN(c2cc3c(cc2Cl)C(O)C(=O)N3)CCS1. The number of aliphatic hydroxyl groups excluding tert-OH is 1. The Hall–Kier alpha value is -0.910. The van der Waals surface area contributed by atoms with Gasteiger partial charge in [-0.15, -0.1) is 0 Å². The highest BCUT2D eigenvalue weighted by molar-refractivity contribution is 8.00. The second-order valence-corrected chi connectivity index (χ2v) is 8.02. The van der Waals surface area contributed by atoms with Gasteiger partial charge in [0, 0.05) is 34.8 Å². The van der Waals surface area contributed by atoms with E-state index in [9.17, 15) is 9.90 Å². The number of benzene rings is 1. The van der Waals surface area contributed by atoms with E-state index in [1.54, 1.807) is 6.07 Å². The molecule has 2 aliphatic heterocycles. The van der Waals surface area contributed by atoms with Crippen LogP contribution in [0.2, 0.25) is 5.02 Å². The molecule has 0 aromatic heterocycles. The van der Waals surface area contributed by atoms with Crippen LogP contribution in [0.15, 0.2) is 12.1 Å². The highest BCUT2D eigenvalue weighted by atomic mass is 35.5. The lowest BCUT2D eigenvalue weighted by atomic mass is 10.1. The average Bonchev–Trinajstić information content (AvgIpc) is 2.63. The Kier molecular flexibility index (Phi) is 3.39. The maximum absolute atomic E-state index is 11.5. The molecule has 0 saturated carbocycles. The lowest BCUT2D eigenvalue weighted by Crippen LogP contribution is -2.43. The Morgan fingerprint density at radius 2 is 2.25 bits per heavy atom. The summed E-state index contributed by atoms with van der Waals surface area (Å²) < 4.78 is 0.184. The lowest BCUT2D eigenvalue weighted by molar-refractivity contribution is -0.123. The quantitative estimate of drug-likeness (QED) is 0.837. The van der Waals surface area contributed by atoms with E-state index in [2.05, 4.69) is 24.1 Å². The van der Waals surface area contributed by atoms with Gasteiger partial charge in [-0.1, -0.05) is 11.6 Å². The molecule has 2 aliphatic rings. The van der Waals surface area contributed by atoms with Crippen molar-refractivity contribution in [2.45, 2.75) is 24.7 Å². The Morgan fingerprint density at radius 1 is 1.50 bits per heavy atom. The maximum atomic E-state index is 11.5. The standard InChI is InChI=1S/C14H17ClN2O2S/c1-14(2)7-17(3-4-20-14)11-6-10-8(5-9(11)15)12(18)13(19)16-10/h5-6,12,18H,3-4,7H2,1-2H3,(H,16,19). The Morgan fingerprint density at radius 3 is 2.95 bits per heavy atom. The van der Waals surface area contributed by atoms with E-state index < -0.39 is 6.10 Å². The van der Waals surface area contributed by atoms with Crippen LogP contribution in [-0.4, -0.2) is 34.6 Å². The molecule has 4 nitrogen and oxygen atoms in total. The summed E-state index contributed by atoms with van der Waals surface area (Å²) in [5, 5.41) is 13.1. The minimum absolute atomic E-state index is 0.184. The first-order valence-corrected chi connectivity index (χ1v) is 7.95. The van der Waals surface area contributed by atoms with Crippen LogP contribution in [0.5, 0.6) is 0 Å². The largest absolute Gasteiger partial charge is 0.378 e. The molecule has 1 amide bonds. The van der Waals surface area contributed by atoms with E-state index in [-0.39, 0.29) is 10.7 Å². The van der Waals surface area contributed by atoms with Crippen molar-refractivity contribution in [2.75, 3.05) is 29.1 Å². The molecule has 0 aliphatic carbocycles. The molecule has 0 spiro atoms. The van der Waals surface area contributed by atoms with Crippen molar-refractivity contribution in [1.29, 1.82) is 0 Å². The number of amides is 1. The fourth-order valence-electron chi connectivity index (χ4n) is 2.72. The molecule has 1 fully saturated rings. The summed E-state index contributed by atoms with van der Waals surface area (Å²) in [5.41, 5.74) is 2.15. The van der Waals surface area contributed by atoms with Gasteiger partial charge in [-0.3, -0.25) is 4.79 Å². The number of hydrogen-bond acceptors (Lipinski definition) is 4. The third-order valence-electron chi connectivity index (χ3n) is 3.69. The third kappa shape index (κ3) is 2.38. The number of thioether (sulfide) groups is 1. The Labute approximate surface area is 127 Å². The average molecular weight is 313 g/mol. The van der Waals surface area contributed by atoms with Gasteiger partial charge in [0.2, 0.25) is 0 Å². The van der Waals surface area contributed by atoms with E-state index in [0.29, 0.717) is 16.3 Å². The predicted molar refractivity (Wildman–Crippen MR) is 83.8 cm³/mol. The van der Waals surface area contributed by atoms with Gasteiger partial charge in [-0.2, -0.15) is 11.8 Å². The third-order valence-corrected chi connectivity index (χ3v) is 5.29. The van der Waals surface area contributed by atoms with Gasteiger partial charge in [-0.25, -0.2) is 0 Å². The molecular weight excluding hydrogens is 296 g/mol. The minimum Gasteiger partial charge on any atom is -0.378 e. The molecule has 3 rings (SSSR count). The molecule has 6 heteroatoms. The van der Waals surface area contributed by atoms with Crippen LogP contribution in [0.25, 0.3) is 0 Å². The number of nitrogens with zero attached hydrogens (tertiary/aromatic N) is 1. The van der Waals surface area contributed by atoms with Crippen molar-refractivity contribution >= 4 is 40.6 Å². The number of aliphatic hydroxyl groups is 1. The second kappa shape index (κ2) is 4.83. The highest BCUT2D eigenvalue weighted by Gasteiger charge is 2.32. The van der Waals surface area contributed by atoms with Gasteiger partial charge >= 0.3 is 0 Å². The summed E-state index contributed by atoms with van der Waals surface area (Å²) in [7, 11) is 0. The van der Waals surface area contributed by atoms with Gasteiger partial charge < -0.3 is 15.3 Å². The van der Waals surface area contributed by atoms with Gasteiger partial charge in [-0.05, 0) is 26.0 Å². The second-order valence-electron chi connectivity index (χ2n) is 5.81. The first-order chi connectivity index (χ1) is 9.37. The molecule has 0 radical (unpaired) electrons. The summed E-state index contributed by atoms with van der Waals surface area (Å²) in [6.45, 7) is 6.28. The summed E-state index contributed by atoms with van der Waals surface area (Å²) >= 11 is 8.31. The van der Waals surface area contributed by atoms with Gasteiger partial charge in [0.1, 0.15) is 0 Å². The van der Waals surface area contributed by atoms with Crippen molar-refractivity contribution in [3.05, 3.63) is 22.7 Å². The first-order valence-electron chi connectivity index (χ1n) is 6.59. The Bertz CT molecular complexity index is 577. The maximum Gasteiger partial charge on any atom is 0.257 e. The van der Waals surface area contributed by atoms with E-state index in [4.69, 9.17) is 11.6 Å². The van der Waals surface area contributed by atoms with Crippen molar-refractivity contribution in [3.63, 3.8) is 0 Å². The topological polar surface area (TPSA) is 52.6 Å². The van der Waals surface area contributed by atoms with Gasteiger partial charge in [0.25, 0.3) is 5.91 Å². The number of fused-ring (bicyclic) bond motifs is 1. The van der Waals surface area contributed by atoms with Crippen molar-refractivity contribution < 1.29 is 9.90 Å². The van der Waals surface area contributed by atoms with Gasteiger partial charge in [0.15, 0.2) is 6.10 Å². The number of halogens is 1. The van der Waals surface area contributed by atoms with E-state index in [0.717, 1.165) is 24.5 Å². The number of nitrogens with one attached hydrogen (secondary N) is 1. The summed E-state index contributed by atoms with van der Waals surface area (Å²) in [5.74, 6) is 0.665. The molecule has 1 saturated heterocycles. The Balaban J connectivity index is 1.96. The highest BCUT2D eigenvalue weighted by Crippen LogP contribution is 2.41. The fourth-order valence-corrected chi connectivity index (χ4v) is 4.12. The normalized spacial score (nSPS) is 24.5. The minimum atomic E-state index is -1.11. The van der Waals surface area contributed by atoms with Crippen LogP contribution in [0, 0.1) is 0 Å². The van der Waals surface area contributed by atoms with Crippen LogP contribution < -0.4 is 10.2 Å². The first kappa shape index (κ1) is 14.0. The predicted octanol–water partition coefficient (Wildman–Crippen LogP) is 2.66.